The summed E-state index contributed by atoms with van der Waals surface area (Å²) >= 11 is 1.75. The molecule has 2 rings (SSSR count). The van der Waals surface area contributed by atoms with Gasteiger partial charge < -0.3 is 9.73 Å². The van der Waals surface area contributed by atoms with E-state index in [2.05, 4.69) is 36.6 Å². The topological polar surface area (TPSA) is 78.1 Å². The molecule has 23 heavy (non-hydrogen) atoms. The van der Waals surface area contributed by atoms with Crippen molar-refractivity contribution in [2.24, 2.45) is 0 Å². The van der Waals surface area contributed by atoms with Crippen LogP contribution in [-0.2, 0) is 4.79 Å². The lowest BCUT2D eigenvalue weighted by Gasteiger charge is -2.13. The van der Waals surface area contributed by atoms with Crippen LogP contribution >= 0.6 is 11.3 Å². The van der Waals surface area contributed by atoms with E-state index in [4.69, 9.17) is 9.68 Å². The Morgan fingerprint density at radius 1 is 1.39 bits per heavy atom. The van der Waals surface area contributed by atoms with Crippen molar-refractivity contribution in [3.05, 3.63) is 38.3 Å². The molecule has 2 N–H and O–H groups in total. The van der Waals surface area contributed by atoms with Gasteiger partial charge in [0, 0.05) is 21.4 Å². The van der Waals surface area contributed by atoms with Crippen LogP contribution < -0.4 is 10.6 Å². The molecule has 122 valence electrons. The Labute approximate surface area is 140 Å². The first-order chi connectivity index (χ1) is 10.8. The van der Waals surface area contributed by atoms with Gasteiger partial charge in [-0.25, -0.2) is 0 Å². The van der Waals surface area contributed by atoms with Gasteiger partial charge in [0.05, 0.1) is 6.54 Å². The van der Waals surface area contributed by atoms with Gasteiger partial charge in [0.1, 0.15) is 17.4 Å². The highest BCUT2D eigenvalue weighted by atomic mass is 32.1. The predicted octanol–water partition coefficient (Wildman–Crippen LogP) is 3.74. The maximum Gasteiger partial charge on any atom is 0.240 e. The van der Waals surface area contributed by atoms with E-state index in [1.807, 2.05) is 6.92 Å². The molecule has 0 radical (unpaired) electrons. The van der Waals surface area contributed by atoms with Crippen molar-refractivity contribution < 1.29 is 9.21 Å². The molecule has 5 nitrogen and oxygen atoms in total. The van der Waals surface area contributed by atoms with Crippen LogP contribution in [0.2, 0.25) is 0 Å². The van der Waals surface area contributed by atoms with Gasteiger partial charge in [0.25, 0.3) is 0 Å². The fourth-order valence-corrected chi connectivity index (χ4v) is 3.48. The summed E-state index contributed by atoms with van der Waals surface area (Å²) in [6, 6.07) is 4.29. The van der Waals surface area contributed by atoms with E-state index in [1.54, 1.807) is 25.2 Å². The highest BCUT2D eigenvalue weighted by Gasteiger charge is 2.17. The molecule has 1 unspecified atom stereocenters. The molecule has 1 atom stereocenters. The average Bonchev–Trinajstić information content (AvgIpc) is 2.96. The standard InChI is InChI=1S/C17H21N3O2S/c1-9-6-14(13(5)23-9)11(3)19-8-16(21)20-17-15(7-18)10(2)12(4)22-17/h6,11,19H,8H2,1-5H3,(H,20,21). The van der Waals surface area contributed by atoms with Crippen molar-refractivity contribution in [2.75, 3.05) is 11.9 Å². The normalized spacial score (nSPS) is 12.0. The van der Waals surface area contributed by atoms with Gasteiger partial charge in [-0.1, -0.05) is 0 Å². The second kappa shape index (κ2) is 6.99. The van der Waals surface area contributed by atoms with Crippen LogP contribution in [0.25, 0.3) is 0 Å². The second-order valence-corrected chi connectivity index (χ2v) is 7.08. The highest BCUT2D eigenvalue weighted by Crippen LogP contribution is 2.27. The van der Waals surface area contributed by atoms with Crippen molar-refractivity contribution >= 4 is 23.1 Å². The van der Waals surface area contributed by atoms with Gasteiger partial charge in [0.2, 0.25) is 11.8 Å². The molecule has 0 aliphatic carbocycles. The molecule has 2 heterocycles. The number of furan rings is 1. The Hall–Kier alpha value is -2.10. The Morgan fingerprint density at radius 2 is 2.09 bits per heavy atom. The Kier molecular flexibility index (Phi) is 5.24. The summed E-state index contributed by atoms with van der Waals surface area (Å²) in [4.78, 5) is 14.6. The molecular formula is C17H21N3O2S. The summed E-state index contributed by atoms with van der Waals surface area (Å²) in [7, 11) is 0. The lowest BCUT2D eigenvalue weighted by atomic mass is 10.1. The molecule has 2 aromatic rings. The van der Waals surface area contributed by atoms with Gasteiger partial charge in [0.15, 0.2) is 0 Å². The van der Waals surface area contributed by atoms with Crippen molar-refractivity contribution in [3.63, 3.8) is 0 Å². The third kappa shape index (κ3) is 3.81. The number of nitrogens with zero attached hydrogens (tertiary/aromatic N) is 1. The molecular weight excluding hydrogens is 310 g/mol. The number of hydrogen-bond donors (Lipinski definition) is 2. The Bertz CT molecular complexity index is 768. The molecule has 0 aliphatic heterocycles. The molecule has 0 bridgehead atoms. The van der Waals surface area contributed by atoms with Gasteiger partial charge in [-0.15, -0.1) is 11.3 Å². The Balaban J connectivity index is 1.97. The fourth-order valence-electron chi connectivity index (χ4n) is 2.46. The number of carbonyl (C=O) groups excluding carboxylic acids is 1. The van der Waals surface area contributed by atoms with Crippen LogP contribution in [0.5, 0.6) is 0 Å². The Morgan fingerprint density at radius 3 is 2.65 bits per heavy atom. The van der Waals surface area contributed by atoms with E-state index in [-0.39, 0.29) is 24.4 Å². The number of amides is 1. The first-order valence-electron chi connectivity index (χ1n) is 7.43. The summed E-state index contributed by atoms with van der Waals surface area (Å²) in [5.74, 6) is 0.638. The smallest absolute Gasteiger partial charge is 0.240 e. The van der Waals surface area contributed by atoms with Gasteiger partial charge in [-0.3, -0.25) is 10.1 Å². The van der Waals surface area contributed by atoms with Crippen LogP contribution in [0, 0.1) is 39.0 Å². The predicted molar refractivity (Wildman–Crippen MR) is 91.7 cm³/mol. The number of anilines is 1. The molecule has 0 fully saturated rings. The van der Waals surface area contributed by atoms with E-state index in [1.165, 1.54) is 15.3 Å². The molecule has 6 heteroatoms. The summed E-state index contributed by atoms with van der Waals surface area (Å²) < 4.78 is 5.44. The van der Waals surface area contributed by atoms with Gasteiger partial charge in [-0.05, 0) is 46.2 Å². The first-order valence-corrected chi connectivity index (χ1v) is 8.25. The second-order valence-electron chi connectivity index (χ2n) is 5.62. The third-order valence-corrected chi connectivity index (χ3v) is 4.85. The van der Waals surface area contributed by atoms with Crippen molar-refractivity contribution in [1.29, 1.82) is 5.26 Å². The molecule has 0 saturated heterocycles. The zero-order valence-corrected chi connectivity index (χ0v) is 14.9. The fraction of sp³-hybridized carbons (Fsp3) is 0.412. The summed E-state index contributed by atoms with van der Waals surface area (Å²) in [5, 5.41) is 15.0. The summed E-state index contributed by atoms with van der Waals surface area (Å²) in [6.45, 7) is 9.91. The van der Waals surface area contributed by atoms with Crippen molar-refractivity contribution in [1.82, 2.24) is 5.32 Å². The molecule has 1 amide bonds. The zero-order valence-electron chi connectivity index (χ0n) is 14.0. The molecule has 0 saturated carbocycles. The molecule has 2 aromatic heterocycles. The summed E-state index contributed by atoms with van der Waals surface area (Å²) in [5.41, 5.74) is 2.35. The number of nitriles is 1. The van der Waals surface area contributed by atoms with E-state index >= 15 is 0 Å². The van der Waals surface area contributed by atoms with Crippen LogP contribution in [0.3, 0.4) is 0 Å². The number of hydrogen-bond acceptors (Lipinski definition) is 5. The maximum absolute atomic E-state index is 12.1. The minimum Gasteiger partial charge on any atom is -0.444 e. The van der Waals surface area contributed by atoms with E-state index in [0.717, 1.165) is 5.56 Å². The molecule has 0 spiro atoms. The lowest BCUT2D eigenvalue weighted by Crippen LogP contribution is -2.30. The maximum atomic E-state index is 12.1. The SMILES string of the molecule is Cc1cc(C(C)NCC(=O)Nc2oc(C)c(C)c2C#N)c(C)s1. The molecule has 0 aromatic carbocycles. The van der Waals surface area contributed by atoms with Crippen LogP contribution in [-0.4, -0.2) is 12.5 Å². The average molecular weight is 331 g/mol. The van der Waals surface area contributed by atoms with Crippen LogP contribution in [0.1, 0.15) is 45.2 Å². The minimum absolute atomic E-state index is 0.0845. The monoisotopic (exact) mass is 331 g/mol. The van der Waals surface area contributed by atoms with E-state index in [9.17, 15) is 4.79 Å². The largest absolute Gasteiger partial charge is 0.444 e. The van der Waals surface area contributed by atoms with Gasteiger partial charge >= 0.3 is 0 Å². The number of carbonyl (C=O) groups is 1. The van der Waals surface area contributed by atoms with Crippen LogP contribution in [0.15, 0.2) is 10.5 Å². The number of nitrogens with one attached hydrogen (secondary N) is 2. The van der Waals surface area contributed by atoms with E-state index in [0.29, 0.717) is 11.3 Å². The van der Waals surface area contributed by atoms with Crippen molar-refractivity contribution in [3.8, 4) is 6.07 Å². The minimum atomic E-state index is -0.230. The van der Waals surface area contributed by atoms with Crippen molar-refractivity contribution in [2.45, 2.75) is 40.7 Å². The number of rotatable bonds is 5. The quantitative estimate of drug-likeness (QED) is 0.875. The van der Waals surface area contributed by atoms with Crippen LogP contribution in [0.4, 0.5) is 5.88 Å². The van der Waals surface area contributed by atoms with E-state index < -0.39 is 0 Å². The lowest BCUT2D eigenvalue weighted by molar-refractivity contribution is -0.115. The number of thiophene rings is 1. The number of aryl methyl sites for hydroxylation is 3. The highest BCUT2D eigenvalue weighted by molar-refractivity contribution is 7.12. The molecule has 0 aliphatic rings. The van der Waals surface area contributed by atoms with Gasteiger partial charge in [-0.2, -0.15) is 5.26 Å². The zero-order chi connectivity index (χ0) is 17.1. The third-order valence-electron chi connectivity index (χ3n) is 3.86. The first kappa shape index (κ1) is 17.3. The summed E-state index contributed by atoms with van der Waals surface area (Å²) in [6.07, 6.45) is 0.